The highest BCUT2D eigenvalue weighted by molar-refractivity contribution is 5.14. The smallest absolute Gasteiger partial charge is 0.0434 e. The predicted molar refractivity (Wildman–Crippen MR) is 66.1 cm³/mol. The minimum absolute atomic E-state index is 0.337. The van der Waals surface area contributed by atoms with Gasteiger partial charge in [-0.25, -0.2) is 0 Å². The Kier molecular flexibility index (Phi) is 4.37. The number of aliphatic hydroxyl groups is 1. The molecule has 1 aromatic rings. The molecule has 0 aliphatic carbocycles. The second-order valence-electron chi connectivity index (χ2n) is 4.74. The quantitative estimate of drug-likeness (QED) is 0.840. The van der Waals surface area contributed by atoms with Gasteiger partial charge in [0.1, 0.15) is 0 Å². The Bertz CT molecular complexity index is 297. The second kappa shape index (κ2) is 6.02. The monoisotopic (exact) mass is 219 g/mol. The van der Waals surface area contributed by atoms with Crippen molar-refractivity contribution >= 4 is 0 Å². The van der Waals surface area contributed by atoms with Crippen molar-refractivity contribution in [2.24, 2.45) is 5.92 Å². The van der Waals surface area contributed by atoms with Crippen LogP contribution in [0.5, 0.6) is 0 Å². The predicted octanol–water partition coefficient (Wildman–Crippen LogP) is 2.28. The van der Waals surface area contributed by atoms with Crippen molar-refractivity contribution < 1.29 is 5.11 Å². The first-order valence-electron chi connectivity index (χ1n) is 6.25. The molecule has 1 unspecified atom stereocenters. The molecule has 2 nitrogen and oxygen atoms in total. The van der Waals surface area contributed by atoms with Crippen molar-refractivity contribution in [2.75, 3.05) is 19.7 Å². The number of nitrogens with zero attached hydrogens (tertiary/aromatic N) is 1. The minimum atomic E-state index is 0.337. The molecule has 0 radical (unpaired) electrons. The van der Waals surface area contributed by atoms with Crippen molar-refractivity contribution in [1.29, 1.82) is 0 Å². The zero-order chi connectivity index (χ0) is 11.2. The number of aliphatic hydroxyl groups excluding tert-OH is 1. The van der Waals surface area contributed by atoms with Gasteiger partial charge in [-0.2, -0.15) is 0 Å². The maximum absolute atomic E-state index is 8.98. The lowest BCUT2D eigenvalue weighted by atomic mass is 9.95. The Morgan fingerprint density at radius 1 is 1.25 bits per heavy atom. The molecule has 16 heavy (non-hydrogen) atoms. The average molecular weight is 219 g/mol. The van der Waals surface area contributed by atoms with E-state index in [4.69, 9.17) is 5.11 Å². The third-order valence-electron chi connectivity index (χ3n) is 3.39. The Balaban J connectivity index is 1.85. The molecule has 1 aliphatic rings. The topological polar surface area (TPSA) is 23.5 Å². The van der Waals surface area contributed by atoms with Crippen LogP contribution in [-0.2, 0) is 6.54 Å². The first kappa shape index (κ1) is 11.6. The van der Waals surface area contributed by atoms with E-state index in [0.717, 1.165) is 19.5 Å². The van der Waals surface area contributed by atoms with Gasteiger partial charge < -0.3 is 5.11 Å². The summed E-state index contributed by atoms with van der Waals surface area (Å²) in [5.41, 5.74) is 1.40. The molecule has 1 aliphatic heterocycles. The summed E-state index contributed by atoms with van der Waals surface area (Å²) in [6.45, 7) is 3.75. The molecule has 1 N–H and O–H groups in total. The van der Waals surface area contributed by atoms with Crippen LogP contribution in [0.15, 0.2) is 30.3 Å². The summed E-state index contributed by atoms with van der Waals surface area (Å²) in [5, 5.41) is 8.98. The molecule has 0 amide bonds. The van der Waals surface area contributed by atoms with Gasteiger partial charge in [-0.3, -0.25) is 4.90 Å². The fourth-order valence-electron chi connectivity index (χ4n) is 2.55. The summed E-state index contributed by atoms with van der Waals surface area (Å²) < 4.78 is 0. The molecule has 88 valence electrons. The van der Waals surface area contributed by atoms with Gasteiger partial charge in [0.05, 0.1) is 0 Å². The van der Waals surface area contributed by atoms with Crippen LogP contribution < -0.4 is 0 Å². The van der Waals surface area contributed by atoms with E-state index in [1.165, 1.54) is 24.9 Å². The fourth-order valence-corrected chi connectivity index (χ4v) is 2.55. The van der Waals surface area contributed by atoms with Crippen molar-refractivity contribution in [1.82, 2.24) is 4.90 Å². The van der Waals surface area contributed by atoms with Gasteiger partial charge in [0.15, 0.2) is 0 Å². The van der Waals surface area contributed by atoms with Gasteiger partial charge >= 0.3 is 0 Å². The van der Waals surface area contributed by atoms with Crippen LogP contribution in [0.3, 0.4) is 0 Å². The van der Waals surface area contributed by atoms with E-state index in [1.807, 2.05) is 0 Å². The SMILES string of the molecule is OCCC1CCCN(Cc2ccccc2)C1. The highest BCUT2D eigenvalue weighted by Crippen LogP contribution is 2.20. The zero-order valence-corrected chi connectivity index (χ0v) is 9.81. The van der Waals surface area contributed by atoms with E-state index in [0.29, 0.717) is 12.5 Å². The summed E-state index contributed by atoms with van der Waals surface area (Å²) in [5.74, 6) is 0.697. The lowest BCUT2D eigenvalue weighted by molar-refractivity contribution is 0.142. The standard InChI is InChI=1S/C14H21NO/c16-10-8-14-7-4-9-15(12-14)11-13-5-2-1-3-6-13/h1-3,5-6,14,16H,4,7-12H2. The summed E-state index contributed by atoms with van der Waals surface area (Å²) in [6, 6.07) is 10.6. The van der Waals surface area contributed by atoms with Gasteiger partial charge in [0.25, 0.3) is 0 Å². The third kappa shape index (κ3) is 3.32. The molecule has 1 saturated heterocycles. The summed E-state index contributed by atoms with van der Waals surface area (Å²) >= 11 is 0. The molecule has 0 spiro atoms. The molecular weight excluding hydrogens is 198 g/mol. The van der Waals surface area contributed by atoms with Crippen LogP contribution in [0.1, 0.15) is 24.8 Å². The number of benzene rings is 1. The van der Waals surface area contributed by atoms with E-state index in [1.54, 1.807) is 0 Å². The van der Waals surface area contributed by atoms with Gasteiger partial charge in [-0.1, -0.05) is 30.3 Å². The Hall–Kier alpha value is -0.860. The Morgan fingerprint density at radius 2 is 2.06 bits per heavy atom. The van der Waals surface area contributed by atoms with Crippen LogP contribution in [0, 0.1) is 5.92 Å². The van der Waals surface area contributed by atoms with Crippen LogP contribution in [0.25, 0.3) is 0 Å². The minimum Gasteiger partial charge on any atom is -0.396 e. The molecule has 1 aromatic carbocycles. The highest BCUT2D eigenvalue weighted by Gasteiger charge is 2.19. The summed E-state index contributed by atoms with van der Waals surface area (Å²) in [6.07, 6.45) is 3.52. The second-order valence-corrected chi connectivity index (χ2v) is 4.74. The van der Waals surface area contributed by atoms with E-state index < -0.39 is 0 Å². The van der Waals surface area contributed by atoms with E-state index in [9.17, 15) is 0 Å². The van der Waals surface area contributed by atoms with Crippen LogP contribution in [-0.4, -0.2) is 29.7 Å². The van der Waals surface area contributed by atoms with Crippen molar-refractivity contribution in [3.63, 3.8) is 0 Å². The molecule has 2 rings (SSSR count). The van der Waals surface area contributed by atoms with E-state index >= 15 is 0 Å². The number of hydrogen-bond acceptors (Lipinski definition) is 2. The number of hydrogen-bond donors (Lipinski definition) is 1. The van der Waals surface area contributed by atoms with Crippen LogP contribution in [0.4, 0.5) is 0 Å². The molecule has 0 saturated carbocycles. The van der Waals surface area contributed by atoms with Crippen molar-refractivity contribution in [2.45, 2.75) is 25.8 Å². The van der Waals surface area contributed by atoms with Gasteiger partial charge in [-0.05, 0) is 37.3 Å². The van der Waals surface area contributed by atoms with Crippen molar-refractivity contribution in [3.05, 3.63) is 35.9 Å². The van der Waals surface area contributed by atoms with Gasteiger partial charge in [-0.15, -0.1) is 0 Å². The highest BCUT2D eigenvalue weighted by atomic mass is 16.3. The van der Waals surface area contributed by atoms with Gasteiger partial charge in [0, 0.05) is 19.7 Å². The average Bonchev–Trinajstić information content (AvgIpc) is 2.31. The number of piperidine rings is 1. The lowest BCUT2D eigenvalue weighted by Gasteiger charge is -2.32. The molecule has 0 bridgehead atoms. The lowest BCUT2D eigenvalue weighted by Crippen LogP contribution is -2.35. The van der Waals surface area contributed by atoms with Crippen LogP contribution in [0.2, 0.25) is 0 Å². The molecule has 1 fully saturated rings. The molecule has 0 aromatic heterocycles. The molecule has 1 heterocycles. The molecule has 1 atom stereocenters. The van der Waals surface area contributed by atoms with E-state index in [-0.39, 0.29) is 0 Å². The number of likely N-dealkylation sites (tertiary alicyclic amines) is 1. The zero-order valence-electron chi connectivity index (χ0n) is 9.81. The molecular formula is C14H21NO. The first-order chi connectivity index (χ1) is 7.88. The van der Waals surface area contributed by atoms with Crippen molar-refractivity contribution in [3.8, 4) is 0 Å². The summed E-state index contributed by atoms with van der Waals surface area (Å²) in [7, 11) is 0. The maximum atomic E-state index is 8.98. The fraction of sp³-hybridized carbons (Fsp3) is 0.571. The Morgan fingerprint density at radius 3 is 2.81 bits per heavy atom. The molecule has 2 heteroatoms. The normalized spacial score (nSPS) is 22.2. The largest absolute Gasteiger partial charge is 0.396 e. The maximum Gasteiger partial charge on any atom is 0.0434 e. The third-order valence-corrected chi connectivity index (χ3v) is 3.39. The van der Waals surface area contributed by atoms with Crippen LogP contribution >= 0.6 is 0 Å². The van der Waals surface area contributed by atoms with Gasteiger partial charge in [0.2, 0.25) is 0 Å². The Labute approximate surface area is 97.9 Å². The summed E-state index contributed by atoms with van der Waals surface area (Å²) in [4.78, 5) is 2.51. The first-order valence-corrected chi connectivity index (χ1v) is 6.25. The van der Waals surface area contributed by atoms with E-state index in [2.05, 4.69) is 35.2 Å². The number of rotatable bonds is 4.